The Hall–Kier alpha value is -1.22. The topological polar surface area (TPSA) is 30.5 Å². The summed E-state index contributed by atoms with van der Waals surface area (Å²) in [6.07, 6.45) is 2.16. The third kappa shape index (κ3) is 2.23. The van der Waals surface area contributed by atoms with Gasteiger partial charge in [0.15, 0.2) is 11.5 Å². The molecule has 0 aromatic heterocycles. The summed E-state index contributed by atoms with van der Waals surface area (Å²) in [5, 5.41) is 3.30. The number of nitrogens with one attached hydrogen (secondary N) is 1. The molecule has 0 radical (unpaired) electrons. The Bertz CT molecular complexity index is 334. The van der Waals surface area contributed by atoms with Gasteiger partial charge < -0.3 is 14.8 Å². The van der Waals surface area contributed by atoms with E-state index in [1.165, 1.54) is 5.56 Å². The van der Waals surface area contributed by atoms with Crippen molar-refractivity contribution >= 4 is 0 Å². The minimum absolute atomic E-state index is 0.349. The summed E-state index contributed by atoms with van der Waals surface area (Å²) >= 11 is 0. The van der Waals surface area contributed by atoms with Crippen LogP contribution in [0.1, 0.15) is 18.9 Å². The highest BCUT2D eigenvalue weighted by Crippen LogP contribution is 2.32. The first-order valence-corrected chi connectivity index (χ1v) is 5.39. The Morgan fingerprint density at radius 3 is 2.87 bits per heavy atom. The fourth-order valence-corrected chi connectivity index (χ4v) is 1.80. The number of rotatable bonds is 4. The first-order valence-electron chi connectivity index (χ1n) is 5.39. The monoisotopic (exact) mass is 207 g/mol. The van der Waals surface area contributed by atoms with E-state index in [2.05, 4.69) is 24.4 Å². The van der Waals surface area contributed by atoms with Gasteiger partial charge in [0, 0.05) is 6.04 Å². The molecule has 1 aliphatic heterocycles. The van der Waals surface area contributed by atoms with E-state index in [0.29, 0.717) is 12.8 Å². The predicted octanol–water partition coefficient (Wildman–Crippen LogP) is 1.96. The second-order valence-electron chi connectivity index (χ2n) is 3.79. The van der Waals surface area contributed by atoms with Gasteiger partial charge in [-0.3, -0.25) is 0 Å². The molecule has 0 fully saturated rings. The van der Waals surface area contributed by atoms with Gasteiger partial charge in [0.1, 0.15) is 0 Å². The van der Waals surface area contributed by atoms with Crippen LogP contribution in [0.5, 0.6) is 11.5 Å². The van der Waals surface area contributed by atoms with Gasteiger partial charge in [0.2, 0.25) is 6.79 Å². The standard InChI is InChI=1S/C12H17NO2/c1-3-10(13-2)6-9-4-5-11-12(7-9)15-8-14-11/h4-5,7,10,13H,3,6,8H2,1-2H3. The van der Waals surface area contributed by atoms with Crippen molar-refractivity contribution in [3.63, 3.8) is 0 Å². The molecule has 0 amide bonds. The van der Waals surface area contributed by atoms with Gasteiger partial charge in [0.25, 0.3) is 0 Å². The molecular weight excluding hydrogens is 190 g/mol. The lowest BCUT2D eigenvalue weighted by Crippen LogP contribution is -2.26. The molecular formula is C12H17NO2. The molecule has 3 heteroatoms. The number of ether oxygens (including phenoxy) is 2. The lowest BCUT2D eigenvalue weighted by Gasteiger charge is -2.13. The van der Waals surface area contributed by atoms with Crippen LogP contribution in [-0.2, 0) is 6.42 Å². The van der Waals surface area contributed by atoms with Crippen molar-refractivity contribution in [3.05, 3.63) is 23.8 Å². The predicted molar refractivity (Wildman–Crippen MR) is 59.4 cm³/mol. The molecule has 1 unspecified atom stereocenters. The number of hydrogen-bond acceptors (Lipinski definition) is 3. The average Bonchev–Trinajstić information content (AvgIpc) is 2.73. The molecule has 0 aliphatic carbocycles. The fourth-order valence-electron chi connectivity index (χ4n) is 1.80. The van der Waals surface area contributed by atoms with E-state index in [4.69, 9.17) is 9.47 Å². The number of likely N-dealkylation sites (N-methyl/N-ethyl adjacent to an activating group) is 1. The maximum atomic E-state index is 5.35. The molecule has 82 valence electrons. The molecule has 1 N–H and O–H groups in total. The SMILES string of the molecule is CCC(Cc1ccc2c(c1)OCO2)NC. The average molecular weight is 207 g/mol. The van der Waals surface area contributed by atoms with E-state index in [1.54, 1.807) is 0 Å². The van der Waals surface area contributed by atoms with Crippen molar-refractivity contribution in [1.82, 2.24) is 5.32 Å². The smallest absolute Gasteiger partial charge is 0.231 e. The van der Waals surface area contributed by atoms with Crippen LogP contribution >= 0.6 is 0 Å². The Morgan fingerprint density at radius 2 is 2.13 bits per heavy atom. The molecule has 0 saturated carbocycles. The zero-order valence-electron chi connectivity index (χ0n) is 9.25. The summed E-state index contributed by atoms with van der Waals surface area (Å²) in [5.74, 6) is 1.73. The van der Waals surface area contributed by atoms with Crippen molar-refractivity contribution in [2.24, 2.45) is 0 Å². The third-order valence-electron chi connectivity index (χ3n) is 2.82. The van der Waals surface area contributed by atoms with Crippen LogP contribution in [-0.4, -0.2) is 19.9 Å². The summed E-state index contributed by atoms with van der Waals surface area (Å²) in [4.78, 5) is 0. The van der Waals surface area contributed by atoms with Gasteiger partial charge in [-0.2, -0.15) is 0 Å². The van der Waals surface area contributed by atoms with Crippen LogP contribution in [0.2, 0.25) is 0 Å². The van der Waals surface area contributed by atoms with Crippen molar-refractivity contribution in [2.75, 3.05) is 13.8 Å². The van der Waals surface area contributed by atoms with Crippen LogP contribution in [0.25, 0.3) is 0 Å². The van der Waals surface area contributed by atoms with E-state index in [0.717, 1.165) is 24.3 Å². The first kappa shape index (κ1) is 10.3. The number of fused-ring (bicyclic) bond motifs is 1. The maximum Gasteiger partial charge on any atom is 0.231 e. The molecule has 2 rings (SSSR count). The summed E-state index contributed by atoms with van der Waals surface area (Å²) in [5.41, 5.74) is 1.29. The van der Waals surface area contributed by atoms with E-state index >= 15 is 0 Å². The summed E-state index contributed by atoms with van der Waals surface area (Å²) in [7, 11) is 2.00. The molecule has 1 aromatic rings. The molecule has 0 bridgehead atoms. The Balaban J connectivity index is 2.09. The highest BCUT2D eigenvalue weighted by molar-refractivity contribution is 5.44. The zero-order valence-corrected chi connectivity index (χ0v) is 9.25. The van der Waals surface area contributed by atoms with Gasteiger partial charge in [-0.1, -0.05) is 13.0 Å². The van der Waals surface area contributed by atoms with E-state index in [9.17, 15) is 0 Å². The normalized spacial score (nSPS) is 15.3. The van der Waals surface area contributed by atoms with E-state index < -0.39 is 0 Å². The molecule has 1 heterocycles. The van der Waals surface area contributed by atoms with Gasteiger partial charge >= 0.3 is 0 Å². The molecule has 0 saturated heterocycles. The second-order valence-corrected chi connectivity index (χ2v) is 3.79. The van der Waals surface area contributed by atoms with E-state index in [1.807, 2.05) is 13.1 Å². The highest BCUT2D eigenvalue weighted by Gasteiger charge is 2.14. The fraction of sp³-hybridized carbons (Fsp3) is 0.500. The Labute approximate surface area is 90.4 Å². The van der Waals surface area contributed by atoms with Gasteiger partial charge in [0.05, 0.1) is 0 Å². The van der Waals surface area contributed by atoms with E-state index in [-0.39, 0.29) is 0 Å². The van der Waals surface area contributed by atoms with Gasteiger partial charge in [-0.25, -0.2) is 0 Å². The maximum absolute atomic E-state index is 5.35. The van der Waals surface area contributed by atoms with Crippen LogP contribution in [0.4, 0.5) is 0 Å². The lowest BCUT2D eigenvalue weighted by atomic mass is 10.0. The minimum atomic E-state index is 0.349. The molecule has 0 spiro atoms. The molecule has 15 heavy (non-hydrogen) atoms. The van der Waals surface area contributed by atoms with Crippen molar-refractivity contribution < 1.29 is 9.47 Å². The van der Waals surface area contributed by atoms with Crippen LogP contribution in [0.15, 0.2) is 18.2 Å². The second kappa shape index (κ2) is 4.53. The largest absolute Gasteiger partial charge is 0.454 e. The quantitative estimate of drug-likeness (QED) is 0.818. The summed E-state index contributed by atoms with van der Waals surface area (Å²) in [6, 6.07) is 6.70. The lowest BCUT2D eigenvalue weighted by molar-refractivity contribution is 0.174. The zero-order chi connectivity index (χ0) is 10.7. The van der Waals surface area contributed by atoms with Crippen LogP contribution in [0.3, 0.4) is 0 Å². The van der Waals surface area contributed by atoms with Gasteiger partial charge in [-0.05, 0) is 37.6 Å². The van der Waals surface area contributed by atoms with Gasteiger partial charge in [-0.15, -0.1) is 0 Å². The Morgan fingerprint density at radius 1 is 1.33 bits per heavy atom. The molecule has 1 atom stereocenters. The third-order valence-corrected chi connectivity index (χ3v) is 2.82. The van der Waals surface area contributed by atoms with Crippen molar-refractivity contribution in [3.8, 4) is 11.5 Å². The van der Waals surface area contributed by atoms with Crippen molar-refractivity contribution in [2.45, 2.75) is 25.8 Å². The van der Waals surface area contributed by atoms with Crippen molar-refractivity contribution in [1.29, 1.82) is 0 Å². The molecule has 1 aliphatic rings. The van der Waals surface area contributed by atoms with Crippen LogP contribution in [0, 0.1) is 0 Å². The number of benzene rings is 1. The first-order chi connectivity index (χ1) is 7.33. The molecule has 3 nitrogen and oxygen atoms in total. The Kier molecular flexibility index (Phi) is 3.11. The molecule has 1 aromatic carbocycles. The highest BCUT2D eigenvalue weighted by atomic mass is 16.7. The number of hydrogen-bond donors (Lipinski definition) is 1. The summed E-state index contributed by atoms with van der Waals surface area (Å²) < 4.78 is 10.6. The minimum Gasteiger partial charge on any atom is -0.454 e. The summed E-state index contributed by atoms with van der Waals surface area (Å²) in [6.45, 7) is 2.54. The van der Waals surface area contributed by atoms with Crippen LogP contribution < -0.4 is 14.8 Å².